The predicted molar refractivity (Wildman–Crippen MR) is 232 cm³/mol. The molecule has 0 saturated carbocycles. The molecule has 1 nitrogen and oxygen atoms in total. The zero-order valence-corrected chi connectivity index (χ0v) is 38.6. The van der Waals surface area contributed by atoms with E-state index in [-0.39, 0.29) is 7.25 Å². The van der Waals surface area contributed by atoms with Gasteiger partial charge in [-0.3, -0.25) is 0 Å². The van der Waals surface area contributed by atoms with Gasteiger partial charge in [-0.15, -0.1) is 0 Å². The van der Waals surface area contributed by atoms with Gasteiger partial charge in [0.15, 0.2) is 0 Å². The monoisotopic (exact) mass is 826 g/mol. The van der Waals surface area contributed by atoms with Crippen molar-refractivity contribution in [3.05, 3.63) is 129 Å². The van der Waals surface area contributed by atoms with E-state index in [1.807, 2.05) is 0 Å². The Bertz CT molecular complexity index is 1880. The summed E-state index contributed by atoms with van der Waals surface area (Å²) in [7, 11) is 14.5. The molecule has 51 heavy (non-hydrogen) atoms. The van der Waals surface area contributed by atoms with Gasteiger partial charge in [-0.05, 0) is 0 Å². The number of hydrogen-bond acceptors (Lipinski definition) is 1. The molecule has 0 bridgehead atoms. The Morgan fingerprint density at radius 1 is 0.569 bits per heavy atom. The Morgan fingerprint density at radius 3 is 1.29 bits per heavy atom. The Kier molecular flexibility index (Phi) is 11.1. The quantitative estimate of drug-likeness (QED) is 0.129. The number of nitrogens with zero attached hydrogens (tertiary/aromatic N) is 1. The molecule has 2 atom stereocenters. The number of rotatable bonds is 12. The normalized spacial score (nSPS) is 18.2. The van der Waals surface area contributed by atoms with E-state index < -0.39 is 32.6 Å². The first kappa shape index (κ1) is 39.0. The van der Waals surface area contributed by atoms with Gasteiger partial charge in [-0.2, -0.15) is 0 Å². The number of aryl methyl sites for hydroxylation is 2. The van der Waals surface area contributed by atoms with E-state index >= 15 is 0 Å². The third-order valence-corrected chi connectivity index (χ3v) is 38.6. The topological polar surface area (TPSA) is 3.24 Å². The van der Waals surface area contributed by atoms with Crippen LogP contribution in [0.1, 0.15) is 80.2 Å². The Morgan fingerprint density at radius 2 is 0.941 bits per heavy atom. The summed E-state index contributed by atoms with van der Waals surface area (Å²) in [5.41, 5.74) is 16.1. The molecule has 4 aromatic rings. The minimum atomic E-state index is -5.23. The van der Waals surface area contributed by atoms with E-state index in [0.717, 1.165) is 30.6 Å². The van der Waals surface area contributed by atoms with Gasteiger partial charge in [-0.1, -0.05) is 0 Å². The van der Waals surface area contributed by atoms with Crippen molar-refractivity contribution in [2.45, 2.75) is 99.9 Å². The third-order valence-electron chi connectivity index (χ3n) is 11.5. The molecule has 2 unspecified atom stereocenters. The van der Waals surface area contributed by atoms with Crippen molar-refractivity contribution in [1.82, 2.24) is 4.14 Å². The minimum absolute atomic E-state index is 0.0298. The van der Waals surface area contributed by atoms with Crippen molar-refractivity contribution in [3.63, 3.8) is 0 Å². The number of fused-ring (bicyclic) bond motifs is 2. The second-order valence-electron chi connectivity index (χ2n) is 17.3. The third kappa shape index (κ3) is 7.15. The molecule has 0 aromatic heterocycles. The van der Waals surface area contributed by atoms with Crippen molar-refractivity contribution in [2.24, 2.45) is 0 Å². The van der Waals surface area contributed by atoms with Crippen LogP contribution in [-0.2, 0) is 16.2 Å². The Labute approximate surface area is 319 Å². The van der Waals surface area contributed by atoms with E-state index in [0.29, 0.717) is 0 Å². The summed E-state index contributed by atoms with van der Waals surface area (Å²) in [4.78, 5) is 0.829. The number of halogens is 2. The Balaban J connectivity index is 1.69. The molecular formula is C44H57BCl2NSi2Zr. The molecule has 4 aromatic carbocycles. The molecule has 0 heterocycles. The molecule has 2 aliphatic carbocycles. The molecule has 0 saturated heterocycles. The summed E-state index contributed by atoms with van der Waals surface area (Å²) in [6.07, 6.45) is 9.20. The molecule has 0 amide bonds. The van der Waals surface area contributed by atoms with Gasteiger partial charge in [0, 0.05) is 0 Å². The summed E-state index contributed by atoms with van der Waals surface area (Å²) < 4.78 is 2.99. The van der Waals surface area contributed by atoms with Crippen molar-refractivity contribution in [2.75, 3.05) is 0 Å². The fraction of sp³-hybridized carbons (Fsp3) is 0.364. The molecule has 0 fully saturated rings. The second kappa shape index (κ2) is 14.5. The van der Waals surface area contributed by atoms with Crippen LogP contribution in [-0.4, -0.2) is 25.6 Å². The van der Waals surface area contributed by atoms with Crippen molar-refractivity contribution >= 4 is 50.6 Å². The Hall–Kier alpha value is -1.72. The molecule has 7 heteroatoms. The number of benzene rings is 4. The molecule has 0 aliphatic heterocycles. The van der Waals surface area contributed by atoms with Crippen LogP contribution in [0.25, 0.3) is 34.4 Å². The first-order valence-electron chi connectivity index (χ1n) is 19.1. The van der Waals surface area contributed by atoms with Crippen LogP contribution in [0.3, 0.4) is 0 Å². The molecule has 0 N–H and O–H groups in total. The summed E-state index contributed by atoms with van der Waals surface area (Å²) in [5, 5.41) is 0. The van der Waals surface area contributed by atoms with Gasteiger partial charge in [0.05, 0.1) is 0 Å². The van der Waals surface area contributed by atoms with E-state index in [2.05, 4.69) is 168 Å². The zero-order chi connectivity index (χ0) is 37.0. The number of hydrogen-bond donors (Lipinski definition) is 0. The van der Waals surface area contributed by atoms with Crippen LogP contribution in [0.2, 0.25) is 39.3 Å². The first-order chi connectivity index (χ1) is 24.0. The van der Waals surface area contributed by atoms with Crippen molar-refractivity contribution < 1.29 is 16.2 Å². The van der Waals surface area contributed by atoms with Gasteiger partial charge in [0.2, 0.25) is 0 Å². The summed E-state index contributed by atoms with van der Waals surface area (Å²) in [6, 6.07) is 31.6. The zero-order valence-electron chi connectivity index (χ0n) is 32.6. The first-order valence-corrected chi connectivity index (χ1v) is 36.9. The van der Waals surface area contributed by atoms with Gasteiger partial charge < -0.3 is 0 Å². The standard InChI is InChI=1S/2C19H19.C6H19BNSi2.2ClH.Zr/c2*1-3-7-15-12-16-9-6-11-18(19(16)13-15)17-10-5-4-8-14(17)2;1-9(2,3)8(7)10(4,5)6;;;/h2*4-6,8-13H,3,7H2,1-2H3;7H,1-6H3;2*1H;/q;;+1;;;+1/p-2. The van der Waals surface area contributed by atoms with Gasteiger partial charge >= 0.3 is 323 Å². The summed E-state index contributed by atoms with van der Waals surface area (Å²) >= 11 is -5.23. The van der Waals surface area contributed by atoms with E-state index in [1.54, 1.807) is 0 Å². The van der Waals surface area contributed by atoms with Crippen LogP contribution in [0.4, 0.5) is 0 Å². The molecule has 0 radical (unpaired) electrons. The van der Waals surface area contributed by atoms with Crippen LogP contribution >= 0.6 is 17.0 Å². The molecule has 267 valence electrons. The predicted octanol–water partition coefficient (Wildman–Crippen LogP) is 14.0. The maximum absolute atomic E-state index is 9.09. The van der Waals surface area contributed by atoms with Crippen LogP contribution in [0, 0.1) is 13.8 Å². The van der Waals surface area contributed by atoms with Gasteiger partial charge in [0.25, 0.3) is 0 Å². The maximum atomic E-state index is 9.09. The molecular weight excluding hydrogens is 772 g/mol. The fourth-order valence-corrected chi connectivity index (χ4v) is 52.0. The van der Waals surface area contributed by atoms with Gasteiger partial charge in [0.1, 0.15) is 0 Å². The summed E-state index contributed by atoms with van der Waals surface area (Å²) in [6.45, 7) is 24.2. The number of allylic oxidation sites excluding steroid dienone is 2. The van der Waals surface area contributed by atoms with Crippen LogP contribution in [0.5, 0.6) is 0 Å². The van der Waals surface area contributed by atoms with Crippen molar-refractivity contribution in [1.29, 1.82) is 0 Å². The van der Waals surface area contributed by atoms with Crippen molar-refractivity contribution in [3.8, 4) is 22.3 Å². The average Bonchev–Trinajstić information content (AvgIpc) is 3.63. The van der Waals surface area contributed by atoms with Crippen LogP contribution < -0.4 is 0 Å². The van der Waals surface area contributed by atoms with E-state index in [9.17, 15) is 0 Å². The van der Waals surface area contributed by atoms with E-state index in [1.165, 1.54) is 66.8 Å². The van der Waals surface area contributed by atoms with Crippen LogP contribution in [0.15, 0.2) is 96.1 Å². The SMILES string of the molecule is CCCC1=Cc2c(-c3ccccc3C)cccc2[CH]1[Zr]([Cl])([Cl])([BH]N([Si](C)(C)C)[Si](C)(C)C)[CH]1C(CCC)=Cc2c(-c3ccccc3C)cccc21. The summed E-state index contributed by atoms with van der Waals surface area (Å²) in [5.74, 6) is 0. The molecule has 0 spiro atoms. The fourth-order valence-electron chi connectivity index (χ4n) is 9.68. The van der Waals surface area contributed by atoms with E-state index in [4.69, 9.17) is 17.0 Å². The molecule has 2 aliphatic rings. The molecule has 6 rings (SSSR count). The second-order valence-corrected chi connectivity index (χ2v) is 49.5. The van der Waals surface area contributed by atoms with Gasteiger partial charge in [-0.25, -0.2) is 0 Å². The average molecular weight is 829 g/mol.